The summed E-state index contributed by atoms with van der Waals surface area (Å²) in [4.78, 5) is 19.6. The number of fused-ring (bicyclic) bond motifs is 3. The second kappa shape index (κ2) is 10.3. The lowest BCUT2D eigenvalue weighted by Gasteiger charge is -2.18. The van der Waals surface area contributed by atoms with Crippen LogP contribution in [-0.4, -0.2) is 31.9 Å². The number of ether oxygens (including phenoxy) is 2. The number of halogens is 1. The summed E-state index contributed by atoms with van der Waals surface area (Å²) in [6.07, 6.45) is 1.89. The number of aromatic amines is 1. The number of hydrogen-bond acceptors (Lipinski definition) is 7. The fourth-order valence-electron chi connectivity index (χ4n) is 6.04. The molecule has 2 N–H and O–H groups in total. The van der Waals surface area contributed by atoms with Crippen LogP contribution >= 0.6 is 0 Å². The van der Waals surface area contributed by atoms with Gasteiger partial charge in [0.25, 0.3) is 0 Å². The van der Waals surface area contributed by atoms with E-state index in [4.69, 9.17) is 19.0 Å². The van der Waals surface area contributed by atoms with Crippen molar-refractivity contribution in [2.45, 2.75) is 52.0 Å². The molecule has 10 heteroatoms. The minimum absolute atomic E-state index is 0.179. The molecule has 1 saturated carbocycles. The number of aromatic nitrogens is 4. The first-order chi connectivity index (χ1) is 20.7. The van der Waals surface area contributed by atoms with Crippen molar-refractivity contribution < 1.29 is 23.5 Å². The first-order valence-corrected chi connectivity index (χ1v) is 14.3. The number of H-pyrrole nitrogens is 1. The van der Waals surface area contributed by atoms with Crippen LogP contribution in [-0.2, 0) is 30.1 Å². The third-order valence-electron chi connectivity index (χ3n) is 8.12. The summed E-state index contributed by atoms with van der Waals surface area (Å²) in [5, 5.41) is 14.8. The maximum atomic E-state index is 14.4. The highest BCUT2D eigenvalue weighted by Gasteiger charge is 2.35. The molecule has 2 aromatic heterocycles. The summed E-state index contributed by atoms with van der Waals surface area (Å²) in [5.41, 5.74) is 6.62. The smallest absolute Gasteiger partial charge is 0.439 e. The van der Waals surface area contributed by atoms with E-state index >= 15 is 0 Å². The fraction of sp³-hybridized carbons (Fsp3) is 0.303. The molecule has 43 heavy (non-hydrogen) atoms. The van der Waals surface area contributed by atoms with E-state index in [-0.39, 0.29) is 12.5 Å². The molecule has 220 valence electrons. The van der Waals surface area contributed by atoms with Gasteiger partial charge in [-0.15, -0.1) is 0 Å². The zero-order chi connectivity index (χ0) is 29.9. The van der Waals surface area contributed by atoms with Gasteiger partial charge in [0.2, 0.25) is 0 Å². The van der Waals surface area contributed by atoms with Gasteiger partial charge >= 0.3 is 5.76 Å². The molecule has 1 fully saturated rings. The number of hydrogen-bond donors (Lipinski definition) is 2. The summed E-state index contributed by atoms with van der Waals surface area (Å²) in [6.45, 7) is 4.55. The first-order valence-electron chi connectivity index (χ1n) is 14.3. The SMILES string of the molecule is COCc1nc2c(C(C)(C)O)cccc2n1Cc1ccc2c(c1)COc1cc(F)ccc1/C2=C(/c1noc(=O)[nH]1)C1CC1. The van der Waals surface area contributed by atoms with Crippen LogP contribution in [0.3, 0.4) is 0 Å². The number of aliphatic hydroxyl groups is 1. The topological polar surface area (TPSA) is 115 Å². The van der Waals surface area contributed by atoms with Crippen LogP contribution in [0.25, 0.3) is 22.2 Å². The molecule has 5 aromatic rings. The van der Waals surface area contributed by atoms with Crippen molar-refractivity contribution in [1.29, 1.82) is 0 Å². The second-order valence-corrected chi connectivity index (χ2v) is 11.7. The standard InChI is InChI=1S/C33H31FN4O5/c1-33(2,40)24-5-4-6-25-30(24)35-27(17-41-3)38(25)15-18-7-11-22-20(13-18)16-42-26-14-21(34)10-12-23(26)29(22)28(19-8-9-19)31-36-32(39)43-37-31/h4-7,10-14,19,40H,8-9,15-17H2,1-3H3,(H,36,37,39)/b29-28+. The molecule has 0 spiro atoms. The number of rotatable bonds is 7. The number of benzene rings is 3. The Labute approximate surface area is 246 Å². The van der Waals surface area contributed by atoms with Crippen LogP contribution in [0.5, 0.6) is 5.75 Å². The third-order valence-corrected chi connectivity index (χ3v) is 8.12. The van der Waals surface area contributed by atoms with E-state index in [1.807, 2.05) is 18.2 Å². The Hall–Kier alpha value is -4.54. The van der Waals surface area contributed by atoms with Gasteiger partial charge in [-0.2, -0.15) is 0 Å². The van der Waals surface area contributed by atoms with Gasteiger partial charge in [0.05, 0.1) is 16.6 Å². The second-order valence-electron chi connectivity index (χ2n) is 11.7. The number of nitrogens with zero attached hydrogens (tertiary/aromatic N) is 3. The summed E-state index contributed by atoms with van der Waals surface area (Å²) in [5.74, 6) is 0.717. The van der Waals surface area contributed by atoms with Crippen LogP contribution in [0.4, 0.5) is 4.39 Å². The van der Waals surface area contributed by atoms with Crippen LogP contribution in [0, 0.1) is 11.7 Å². The summed E-state index contributed by atoms with van der Waals surface area (Å²) in [6, 6.07) is 16.6. The van der Waals surface area contributed by atoms with E-state index in [1.165, 1.54) is 12.1 Å². The fourth-order valence-corrected chi connectivity index (χ4v) is 6.04. The molecule has 0 radical (unpaired) electrons. The van der Waals surface area contributed by atoms with E-state index in [2.05, 4.69) is 32.9 Å². The Balaban J connectivity index is 1.38. The lowest BCUT2D eigenvalue weighted by molar-refractivity contribution is 0.0800. The summed E-state index contributed by atoms with van der Waals surface area (Å²) >= 11 is 0. The average molecular weight is 583 g/mol. The number of imidazole rings is 1. The molecular weight excluding hydrogens is 551 g/mol. The van der Waals surface area contributed by atoms with Crippen LogP contribution < -0.4 is 10.5 Å². The van der Waals surface area contributed by atoms with Gasteiger partial charge in [0.15, 0.2) is 5.82 Å². The van der Waals surface area contributed by atoms with E-state index in [1.54, 1.807) is 27.0 Å². The Morgan fingerprint density at radius 2 is 1.98 bits per heavy atom. The van der Waals surface area contributed by atoms with Gasteiger partial charge < -0.3 is 19.1 Å². The molecular formula is C33H31FN4O5. The Morgan fingerprint density at radius 1 is 1.16 bits per heavy atom. The highest BCUT2D eigenvalue weighted by atomic mass is 19.1. The largest absolute Gasteiger partial charge is 0.488 e. The van der Waals surface area contributed by atoms with Crippen molar-refractivity contribution in [3.63, 3.8) is 0 Å². The van der Waals surface area contributed by atoms with Gasteiger partial charge in [-0.05, 0) is 73.6 Å². The molecule has 3 heterocycles. The summed E-state index contributed by atoms with van der Waals surface area (Å²) < 4.78 is 33.1. The Kier molecular flexibility index (Phi) is 6.55. The number of methoxy groups -OCH3 is 1. The summed E-state index contributed by atoms with van der Waals surface area (Å²) in [7, 11) is 1.63. The number of para-hydroxylation sites is 1. The molecule has 0 amide bonds. The van der Waals surface area contributed by atoms with Gasteiger partial charge in [0.1, 0.15) is 30.6 Å². The molecule has 0 atom stereocenters. The highest BCUT2D eigenvalue weighted by Crippen LogP contribution is 2.49. The number of nitrogens with one attached hydrogen (secondary N) is 1. The van der Waals surface area contributed by atoms with E-state index in [9.17, 15) is 14.3 Å². The van der Waals surface area contributed by atoms with Gasteiger partial charge in [-0.3, -0.25) is 9.51 Å². The molecule has 7 rings (SSSR count). The molecule has 0 unspecified atom stereocenters. The van der Waals surface area contributed by atoms with E-state index in [0.717, 1.165) is 68.7 Å². The van der Waals surface area contributed by atoms with Crippen molar-refractivity contribution in [1.82, 2.24) is 19.7 Å². The van der Waals surface area contributed by atoms with Crippen molar-refractivity contribution in [3.05, 3.63) is 110 Å². The lowest BCUT2D eigenvalue weighted by atomic mass is 9.87. The molecule has 9 nitrogen and oxygen atoms in total. The van der Waals surface area contributed by atoms with E-state index < -0.39 is 17.2 Å². The monoisotopic (exact) mass is 582 g/mol. The molecule has 0 saturated heterocycles. The van der Waals surface area contributed by atoms with Crippen molar-refractivity contribution in [2.75, 3.05) is 7.11 Å². The lowest BCUT2D eigenvalue weighted by Crippen LogP contribution is -2.16. The molecule has 3 aromatic carbocycles. The minimum Gasteiger partial charge on any atom is -0.488 e. The predicted octanol–water partition coefficient (Wildman–Crippen LogP) is 5.54. The maximum absolute atomic E-state index is 14.4. The van der Waals surface area contributed by atoms with Crippen LogP contribution in [0.1, 0.15) is 66.2 Å². The molecule has 1 aliphatic carbocycles. The van der Waals surface area contributed by atoms with Crippen molar-refractivity contribution in [2.24, 2.45) is 5.92 Å². The molecule has 1 aliphatic heterocycles. The maximum Gasteiger partial charge on any atom is 0.439 e. The van der Waals surface area contributed by atoms with Crippen LogP contribution in [0.2, 0.25) is 0 Å². The molecule has 2 aliphatic rings. The molecule has 0 bridgehead atoms. The Morgan fingerprint density at radius 3 is 2.70 bits per heavy atom. The van der Waals surface area contributed by atoms with Gasteiger partial charge in [-0.1, -0.05) is 29.4 Å². The third kappa shape index (κ3) is 4.96. The highest BCUT2D eigenvalue weighted by molar-refractivity contribution is 6.01. The van der Waals surface area contributed by atoms with E-state index in [0.29, 0.717) is 24.7 Å². The Bertz CT molecular complexity index is 1960. The normalized spacial score (nSPS) is 16.0. The minimum atomic E-state index is -1.06. The zero-order valence-electron chi connectivity index (χ0n) is 24.1. The average Bonchev–Trinajstić information content (AvgIpc) is 3.66. The quantitative estimate of drug-likeness (QED) is 0.259. The van der Waals surface area contributed by atoms with Gasteiger partial charge in [0, 0.05) is 42.0 Å². The van der Waals surface area contributed by atoms with Crippen LogP contribution in [0.15, 0.2) is 63.9 Å². The number of allylic oxidation sites excluding steroid dienone is 1. The van der Waals surface area contributed by atoms with Gasteiger partial charge in [-0.25, -0.2) is 14.2 Å². The first kappa shape index (κ1) is 27.3. The zero-order valence-corrected chi connectivity index (χ0v) is 24.1. The van der Waals surface area contributed by atoms with Crippen molar-refractivity contribution >= 4 is 22.2 Å². The predicted molar refractivity (Wildman–Crippen MR) is 158 cm³/mol. The van der Waals surface area contributed by atoms with Crippen molar-refractivity contribution in [3.8, 4) is 5.75 Å².